The number of halogens is 1. The Morgan fingerprint density at radius 3 is 2.72 bits per heavy atom. The molecule has 0 radical (unpaired) electrons. The fourth-order valence-electron chi connectivity index (χ4n) is 3.14. The fourth-order valence-corrected chi connectivity index (χ4v) is 4.11. The molecule has 0 spiro atoms. The largest absolute Gasteiger partial charge is 0.343 e. The first-order valence-electron chi connectivity index (χ1n) is 9.05. The molecule has 1 atom stereocenters. The van der Waals surface area contributed by atoms with E-state index in [0.717, 1.165) is 16.0 Å². The lowest BCUT2D eigenvalue weighted by Crippen LogP contribution is -2.35. The molecule has 2 aromatic carbocycles. The quantitative estimate of drug-likeness (QED) is 0.519. The van der Waals surface area contributed by atoms with Crippen LogP contribution in [0.2, 0.25) is 5.02 Å². The Balaban J connectivity index is 1.60. The highest BCUT2D eigenvalue weighted by atomic mass is 35.5. The zero-order valence-corrected chi connectivity index (χ0v) is 17.2. The molecule has 2 aromatic heterocycles. The van der Waals surface area contributed by atoms with E-state index in [2.05, 4.69) is 10.3 Å². The highest BCUT2D eigenvalue weighted by molar-refractivity contribution is 7.10. The van der Waals surface area contributed by atoms with Crippen molar-refractivity contribution in [1.82, 2.24) is 14.9 Å². The number of rotatable bonds is 5. The first kappa shape index (κ1) is 19.4. The second-order valence-electron chi connectivity index (χ2n) is 6.77. The van der Waals surface area contributed by atoms with Crippen molar-refractivity contribution in [2.75, 3.05) is 0 Å². The van der Waals surface area contributed by atoms with Crippen molar-refractivity contribution in [1.29, 1.82) is 0 Å². The van der Waals surface area contributed by atoms with E-state index in [1.165, 1.54) is 10.9 Å². The topological polar surface area (TPSA) is 64.0 Å². The van der Waals surface area contributed by atoms with Gasteiger partial charge in [0.15, 0.2) is 0 Å². The summed E-state index contributed by atoms with van der Waals surface area (Å²) in [5.41, 5.74) is 2.39. The van der Waals surface area contributed by atoms with Crippen LogP contribution in [-0.2, 0) is 11.3 Å². The Kier molecular flexibility index (Phi) is 5.47. The molecule has 0 saturated heterocycles. The summed E-state index contributed by atoms with van der Waals surface area (Å²) >= 11 is 7.57. The van der Waals surface area contributed by atoms with Crippen molar-refractivity contribution in [2.24, 2.45) is 0 Å². The van der Waals surface area contributed by atoms with Crippen LogP contribution < -0.4 is 10.9 Å². The SMILES string of the molecule is Cc1ccc(C(NC(=O)Cn2cnc3ccc(Cl)cc3c2=O)c2cccs2)cc1. The summed E-state index contributed by atoms with van der Waals surface area (Å²) in [6.07, 6.45) is 1.39. The summed E-state index contributed by atoms with van der Waals surface area (Å²) in [6, 6.07) is 16.7. The number of carbonyl (C=O) groups excluding carboxylic acids is 1. The molecule has 1 N–H and O–H groups in total. The molecule has 1 amide bonds. The number of hydrogen-bond donors (Lipinski definition) is 1. The number of fused-ring (bicyclic) bond motifs is 1. The molecule has 0 bridgehead atoms. The van der Waals surface area contributed by atoms with Crippen molar-refractivity contribution in [3.8, 4) is 0 Å². The predicted octanol–water partition coefficient (Wildman–Crippen LogP) is 4.33. The van der Waals surface area contributed by atoms with Gasteiger partial charge in [-0.2, -0.15) is 0 Å². The Morgan fingerprint density at radius 2 is 2.00 bits per heavy atom. The number of hydrogen-bond acceptors (Lipinski definition) is 4. The van der Waals surface area contributed by atoms with E-state index in [0.29, 0.717) is 15.9 Å². The molecule has 5 nitrogen and oxygen atoms in total. The number of nitrogens with one attached hydrogen (secondary N) is 1. The highest BCUT2D eigenvalue weighted by Crippen LogP contribution is 2.26. The number of aromatic nitrogens is 2. The molecule has 7 heteroatoms. The third-order valence-corrected chi connectivity index (χ3v) is 5.82. The summed E-state index contributed by atoms with van der Waals surface area (Å²) in [4.78, 5) is 30.8. The smallest absolute Gasteiger partial charge is 0.261 e. The Labute approximate surface area is 176 Å². The second-order valence-corrected chi connectivity index (χ2v) is 8.18. The van der Waals surface area contributed by atoms with Crippen LogP contribution in [0, 0.1) is 6.92 Å². The van der Waals surface area contributed by atoms with Gasteiger partial charge in [-0.1, -0.05) is 47.5 Å². The zero-order valence-electron chi connectivity index (χ0n) is 15.6. The molecular weight excluding hydrogens is 406 g/mol. The first-order valence-corrected chi connectivity index (χ1v) is 10.3. The second kappa shape index (κ2) is 8.19. The van der Waals surface area contributed by atoms with Crippen LogP contribution in [-0.4, -0.2) is 15.5 Å². The third-order valence-electron chi connectivity index (χ3n) is 4.64. The van der Waals surface area contributed by atoms with Crippen LogP contribution in [0.4, 0.5) is 0 Å². The standard InChI is InChI=1S/C22H18ClN3O2S/c1-14-4-6-15(7-5-14)21(19-3-2-10-29-19)25-20(27)12-26-13-24-18-9-8-16(23)11-17(18)22(26)28/h2-11,13,21H,12H2,1H3,(H,25,27). The summed E-state index contributed by atoms with van der Waals surface area (Å²) in [5.74, 6) is -0.269. The van der Waals surface area contributed by atoms with Crippen LogP contribution >= 0.6 is 22.9 Å². The molecule has 4 aromatic rings. The van der Waals surface area contributed by atoms with E-state index in [1.807, 2.05) is 48.7 Å². The molecule has 1 unspecified atom stereocenters. The minimum atomic E-state index is -0.296. The molecule has 0 aliphatic heterocycles. The lowest BCUT2D eigenvalue weighted by atomic mass is 10.0. The number of nitrogens with zero attached hydrogens (tertiary/aromatic N) is 2. The first-order chi connectivity index (χ1) is 14.0. The van der Waals surface area contributed by atoms with Gasteiger partial charge in [0.25, 0.3) is 5.56 Å². The van der Waals surface area contributed by atoms with Crippen LogP contribution in [0.25, 0.3) is 10.9 Å². The summed E-state index contributed by atoms with van der Waals surface area (Å²) in [6.45, 7) is 1.90. The number of carbonyl (C=O) groups is 1. The Hall–Kier alpha value is -2.96. The lowest BCUT2D eigenvalue weighted by Gasteiger charge is -2.19. The molecular formula is C22H18ClN3O2S. The summed E-state index contributed by atoms with van der Waals surface area (Å²) in [7, 11) is 0. The van der Waals surface area contributed by atoms with E-state index in [-0.39, 0.29) is 24.1 Å². The van der Waals surface area contributed by atoms with Gasteiger partial charge in [0.1, 0.15) is 6.54 Å². The molecule has 29 heavy (non-hydrogen) atoms. The predicted molar refractivity (Wildman–Crippen MR) is 116 cm³/mol. The van der Waals surface area contributed by atoms with Gasteiger partial charge in [-0.05, 0) is 42.1 Å². The number of aryl methyl sites for hydroxylation is 1. The fraction of sp³-hybridized carbons (Fsp3) is 0.136. The maximum Gasteiger partial charge on any atom is 0.261 e. The van der Waals surface area contributed by atoms with Gasteiger partial charge in [0.2, 0.25) is 5.91 Å². The summed E-state index contributed by atoms with van der Waals surface area (Å²) in [5, 5.41) is 5.87. The van der Waals surface area contributed by atoms with E-state index in [9.17, 15) is 9.59 Å². The summed E-state index contributed by atoms with van der Waals surface area (Å²) < 4.78 is 1.30. The molecule has 0 aliphatic carbocycles. The van der Waals surface area contributed by atoms with Gasteiger partial charge in [-0.15, -0.1) is 11.3 Å². The van der Waals surface area contributed by atoms with Crippen molar-refractivity contribution in [2.45, 2.75) is 19.5 Å². The Morgan fingerprint density at radius 1 is 1.21 bits per heavy atom. The number of thiophene rings is 1. The molecule has 0 aliphatic rings. The van der Waals surface area contributed by atoms with Crippen LogP contribution in [0.3, 0.4) is 0 Å². The van der Waals surface area contributed by atoms with E-state index in [4.69, 9.17) is 11.6 Å². The van der Waals surface area contributed by atoms with Crippen molar-refractivity contribution < 1.29 is 4.79 Å². The molecule has 146 valence electrons. The third kappa shape index (κ3) is 4.23. The lowest BCUT2D eigenvalue weighted by molar-refractivity contribution is -0.122. The average molecular weight is 424 g/mol. The van der Waals surface area contributed by atoms with Crippen molar-refractivity contribution in [3.63, 3.8) is 0 Å². The molecule has 2 heterocycles. The highest BCUT2D eigenvalue weighted by Gasteiger charge is 2.18. The van der Waals surface area contributed by atoms with Gasteiger partial charge in [-0.3, -0.25) is 14.2 Å². The van der Waals surface area contributed by atoms with Crippen LogP contribution in [0.15, 0.2) is 71.1 Å². The van der Waals surface area contributed by atoms with Gasteiger partial charge in [0.05, 0.1) is 23.3 Å². The van der Waals surface area contributed by atoms with Crippen LogP contribution in [0.1, 0.15) is 22.0 Å². The number of amides is 1. The monoisotopic (exact) mass is 423 g/mol. The Bertz CT molecular complexity index is 1220. The maximum absolute atomic E-state index is 12.8. The van der Waals surface area contributed by atoms with E-state index >= 15 is 0 Å². The van der Waals surface area contributed by atoms with Gasteiger partial charge < -0.3 is 5.32 Å². The van der Waals surface area contributed by atoms with Crippen molar-refractivity contribution >= 4 is 39.7 Å². The molecule has 0 saturated carbocycles. The number of benzene rings is 2. The zero-order chi connectivity index (χ0) is 20.4. The van der Waals surface area contributed by atoms with Gasteiger partial charge in [0, 0.05) is 9.90 Å². The van der Waals surface area contributed by atoms with E-state index < -0.39 is 0 Å². The van der Waals surface area contributed by atoms with Crippen molar-refractivity contribution in [3.05, 3.63) is 97.7 Å². The van der Waals surface area contributed by atoms with Crippen LogP contribution in [0.5, 0.6) is 0 Å². The average Bonchev–Trinajstić information content (AvgIpc) is 3.24. The van der Waals surface area contributed by atoms with Gasteiger partial charge in [-0.25, -0.2) is 4.98 Å². The molecule has 4 rings (SSSR count). The molecule has 0 fully saturated rings. The minimum Gasteiger partial charge on any atom is -0.343 e. The minimum absolute atomic E-state index is 0.123. The maximum atomic E-state index is 12.8. The van der Waals surface area contributed by atoms with Gasteiger partial charge >= 0.3 is 0 Å². The van der Waals surface area contributed by atoms with E-state index in [1.54, 1.807) is 29.5 Å². The normalized spacial score (nSPS) is 12.1.